The number of amides is 2. The van der Waals surface area contributed by atoms with E-state index in [0.717, 1.165) is 10.6 Å². The summed E-state index contributed by atoms with van der Waals surface area (Å²) < 4.78 is 31.6. The second-order valence-electron chi connectivity index (χ2n) is 7.76. The zero-order valence-corrected chi connectivity index (χ0v) is 18.4. The smallest absolute Gasteiger partial charge is 0.319 e. The highest BCUT2D eigenvalue weighted by molar-refractivity contribution is 5.91. The number of aromatic nitrogens is 1. The molecule has 0 spiro atoms. The van der Waals surface area contributed by atoms with Gasteiger partial charge >= 0.3 is 12.0 Å². The number of aromatic hydroxyl groups is 1. The molecule has 1 heterocycles. The minimum absolute atomic E-state index is 0.133. The highest BCUT2D eigenvalue weighted by Gasteiger charge is 2.36. The predicted molar refractivity (Wildman–Crippen MR) is 121 cm³/mol. The molecule has 3 rings (SSSR count). The van der Waals surface area contributed by atoms with E-state index in [0.29, 0.717) is 5.56 Å². The minimum atomic E-state index is -3.36. The number of alkyl halides is 2. The van der Waals surface area contributed by atoms with Crippen LogP contribution < -0.4 is 16.2 Å². The van der Waals surface area contributed by atoms with E-state index in [-0.39, 0.29) is 16.7 Å². The number of carboxylic acid groups (broad SMARTS) is 1. The molecule has 10 heteroatoms. The number of nitrogens with one attached hydrogen (secondary N) is 2. The van der Waals surface area contributed by atoms with Crippen molar-refractivity contribution in [2.75, 3.05) is 5.32 Å². The van der Waals surface area contributed by atoms with Crippen LogP contribution in [0, 0.1) is 6.92 Å². The zero-order chi connectivity index (χ0) is 25.0. The molecule has 0 aliphatic heterocycles. The van der Waals surface area contributed by atoms with Gasteiger partial charge in [0.15, 0.2) is 5.69 Å². The van der Waals surface area contributed by atoms with E-state index in [2.05, 4.69) is 10.6 Å². The molecular formula is C24H23F2N3O5. The fraction of sp³-hybridized carbons (Fsp3) is 0.208. The van der Waals surface area contributed by atoms with Crippen molar-refractivity contribution in [3.8, 4) is 5.75 Å². The van der Waals surface area contributed by atoms with Crippen LogP contribution in [0.15, 0.2) is 65.6 Å². The molecule has 1 aromatic heterocycles. The normalized spacial score (nSPS) is 12.1. The maximum Gasteiger partial charge on any atom is 0.319 e. The third kappa shape index (κ3) is 5.22. The number of hydrogen-bond acceptors (Lipinski definition) is 4. The maximum atomic E-state index is 15.3. The Morgan fingerprint density at radius 1 is 1.12 bits per heavy atom. The summed E-state index contributed by atoms with van der Waals surface area (Å²) in [4.78, 5) is 36.1. The van der Waals surface area contributed by atoms with Crippen molar-refractivity contribution in [2.24, 2.45) is 7.05 Å². The number of nitrogens with zero attached hydrogens (tertiary/aromatic N) is 1. The number of halogens is 2. The van der Waals surface area contributed by atoms with E-state index in [4.69, 9.17) is 0 Å². The first-order valence-electron chi connectivity index (χ1n) is 10.2. The number of benzene rings is 2. The van der Waals surface area contributed by atoms with E-state index < -0.39 is 47.4 Å². The number of anilines is 1. The van der Waals surface area contributed by atoms with Gasteiger partial charge in [-0.15, -0.1) is 0 Å². The lowest BCUT2D eigenvalue weighted by molar-refractivity contribution is -0.137. The zero-order valence-electron chi connectivity index (χ0n) is 18.4. The lowest BCUT2D eigenvalue weighted by atomic mass is 9.93. The number of carbonyl (C=O) groups is 2. The molecule has 0 aliphatic carbocycles. The molecule has 8 nitrogen and oxygen atoms in total. The maximum absolute atomic E-state index is 15.3. The first kappa shape index (κ1) is 24.4. The number of hydrogen-bond donors (Lipinski definition) is 4. The number of aliphatic carboxylic acids is 1. The lowest BCUT2D eigenvalue weighted by Crippen LogP contribution is -2.36. The topological polar surface area (TPSA) is 121 Å². The monoisotopic (exact) mass is 471 g/mol. The Morgan fingerprint density at radius 2 is 1.82 bits per heavy atom. The van der Waals surface area contributed by atoms with Gasteiger partial charge in [-0.3, -0.25) is 9.59 Å². The summed E-state index contributed by atoms with van der Waals surface area (Å²) in [5.74, 6) is -5.12. The van der Waals surface area contributed by atoms with Crippen molar-refractivity contribution in [1.82, 2.24) is 9.88 Å². The van der Waals surface area contributed by atoms with Gasteiger partial charge in [0.25, 0.3) is 11.5 Å². The quantitative estimate of drug-likeness (QED) is 0.417. The van der Waals surface area contributed by atoms with Gasteiger partial charge in [0.1, 0.15) is 5.75 Å². The molecule has 0 radical (unpaired) electrons. The van der Waals surface area contributed by atoms with Crippen molar-refractivity contribution in [3.05, 3.63) is 93.4 Å². The molecule has 34 heavy (non-hydrogen) atoms. The van der Waals surface area contributed by atoms with Crippen molar-refractivity contribution >= 4 is 17.7 Å². The summed E-state index contributed by atoms with van der Waals surface area (Å²) in [5.41, 5.74) is -1.13. The molecular weight excluding hydrogens is 448 g/mol. The van der Waals surface area contributed by atoms with Gasteiger partial charge in [-0.05, 0) is 30.2 Å². The molecule has 4 N–H and O–H groups in total. The van der Waals surface area contributed by atoms with Gasteiger partial charge in [-0.2, -0.15) is 8.78 Å². The van der Waals surface area contributed by atoms with Gasteiger partial charge in [0.2, 0.25) is 0 Å². The van der Waals surface area contributed by atoms with Crippen LogP contribution >= 0.6 is 0 Å². The molecule has 2 amide bonds. The molecule has 0 saturated carbocycles. The van der Waals surface area contributed by atoms with Crippen molar-refractivity contribution in [2.45, 2.75) is 25.3 Å². The van der Waals surface area contributed by atoms with E-state index in [1.807, 2.05) is 0 Å². The average Bonchev–Trinajstić information content (AvgIpc) is 2.79. The molecule has 0 aliphatic rings. The number of rotatable bonds is 7. The van der Waals surface area contributed by atoms with Crippen LogP contribution in [0.4, 0.5) is 19.3 Å². The number of pyridine rings is 1. The van der Waals surface area contributed by atoms with Crippen LogP contribution in [0.3, 0.4) is 0 Å². The minimum Gasteiger partial charge on any atom is -0.505 e. The summed E-state index contributed by atoms with van der Waals surface area (Å²) in [5, 5.41) is 23.8. The summed E-state index contributed by atoms with van der Waals surface area (Å²) >= 11 is 0. The largest absolute Gasteiger partial charge is 0.505 e. The Balaban J connectivity index is 1.91. The van der Waals surface area contributed by atoms with Crippen molar-refractivity contribution < 1.29 is 28.6 Å². The second-order valence-corrected chi connectivity index (χ2v) is 7.76. The third-order valence-electron chi connectivity index (χ3n) is 5.30. The molecule has 0 saturated heterocycles. The molecule has 0 fully saturated rings. The fourth-order valence-corrected chi connectivity index (χ4v) is 3.50. The Labute approximate surface area is 193 Å². The van der Waals surface area contributed by atoms with Crippen molar-refractivity contribution in [1.29, 1.82) is 0 Å². The molecule has 2 aromatic carbocycles. The van der Waals surface area contributed by atoms with E-state index in [9.17, 15) is 24.6 Å². The van der Waals surface area contributed by atoms with Gasteiger partial charge < -0.3 is 25.4 Å². The van der Waals surface area contributed by atoms with Crippen LogP contribution in [0.5, 0.6) is 5.75 Å². The van der Waals surface area contributed by atoms with Crippen LogP contribution in [0.1, 0.15) is 34.7 Å². The van der Waals surface area contributed by atoms with Gasteiger partial charge in [0.05, 0.1) is 12.5 Å². The summed E-state index contributed by atoms with van der Waals surface area (Å²) in [7, 11) is 1.41. The lowest BCUT2D eigenvalue weighted by Gasteiger charge is -2.22. The van der Waals surface area contributed by atoms with E-state index in [1.165, 1.54) is 49.6 Å². The summed E-state index contributed by atoms with van der Waals surface area (Å²) in [6.45, 7) is 1.56. The average molecular weight is 471 g/mol. The molecule has 0 bridgehead atoms. The van der Waals surface area contributed by atoms with Crippen LogP contribution in [0.2, 0.25) is 0 Å². The predicted octanol–water partition coefficient (Wildman–Crippen LogP) is 3.88. The highest BCUT2D eigenvalue weighted by atomic mass is 19.3. The third-order valence-corrected chi connectivity index (χ3v) is 5.30. The number of urea groups is 1. The summed E-state index contributed by atoms with van der Waals surface area (Å²) in [6.07, 6.45) is 0.694. The summed E-state index contributed by atoms with van der Waals surface area (Å²) in [6, 6.07) is 10.2. The van der Waals surface area contributed by atoms with Gasteiger partial charge in [-0.25, -0.2) is 4.79 Å². The highest BCUT2D eigenvalue weighted by Crippen LogP contribution is 2.38. The van der Waals surface area contributed by atoms with E-state index >= 15 is 8.78 Å². The Kier molecular flexibility index (Phi) is 7.00. The van der Waals surface area contributed by atoms with Crippen molar-refractivity contribution in [3.63, 3.8) is 0 Å². The van der Waals surface area contributed by atoms with Crippen LogP contribution in [-0.4, -0.2) is 26.8 Å². The number of aryl methyl sites for hydroxylation is 2. The van der Waals surface area contributed by atoms with Crippen LogP contribution in [-0.2, 0) is 17.8 Å². The first-order chi connectivity index (χ1) is 16.0. The Hall–Kier alpha value is -4.21. The number of carboxylic acids is 1. The molecule has 3 aromatic rings. The second kappa shape index (κ2) is 9.74. The molecule has 0 unspecified atom stereocenters. The SMILES string of the molecule is Cc1ccccc1C(F)(F)c1cccc([C@H](CC(=O)O)NC(=O)Nc2c(O)ccn(C)c2=O)c1. The Bertz CT molecular complexity index is 1290. The Morgan fingerprint density at radius 3 is 2.50 bits per heavy atom. The standard InChI is InChI=1S/C24H23F2N3O5/c1-14-6-3-4-9-17(14)24(25,26)16-8-5-7-15(12-16)18(13-20(31)32)27-23(34)28-21-19(30)10-11-29(2)22(21)33/h3-12,18,30H,13H2,1-2H3,(H,31,32)(H2,27,28,34)/t18-/m0/s1. The number of carbonyl (C=O) groups excluding carboxylic acids is 1. The van der Waals surface area contributed by atoms with Gasteiger partial charge in [-0.1, -0.05) is 42.5 Å². The fourth-order valence-electron chi connectivity index (χ4n) is 3.50. The first-order valence-corrected chi connectivity index (χ1v) is 10.2. The van der Waals surface area contributed by atoms with Gasteiger partial charge in [0, 0.05) is 24.4 Å². The molecule has 1 atom stereocenters. The van der Waals surface area contributed by atoms with E-state index in [1.54, 1.807) is 19.1 Å². The van der Waals surface area contributed by atoms with Crippen LogP contribution in [0.25, 0.3) is 0 Å². The molecule has 178 valence electrons.